The van der Waals surface area contributed by atoms with Crippen molar-refractivity contribution < 1.29 is 4.39 Å². The molecule has 0 unspecified atom stereocenters. The van der Waals surface area contributed by atoms with E-state index in [1.807, 2.05) is 30.3 Å². The van der Waals surface area contributed by atoms with Gasteiger partial charge in [0.1, 0.15) is 10.2 Å². The summed E-state index contributed by atoms with van der Waals surface area (Å²) in [5.74, 6) is 0.343. The molecule has 0 atom stereocenters. The van der Waals surface area contributed by atoms with Gasteiger partial charge >= 0.3 is 0 Å². The highest BCUT2D eigenvalue weighted by Crippen LogP contribution is 2.41. The van der Waals surface area contributed by atoms with Gasteiger partial charge in [-0.3, -0.25) is 0 Å². The minimum Gasteiger partial charge on any atom is -0.248 e. The summed E-state index contributed by atoms with van der Waals surface area (Å²) in [4.78, 5) is 5.31. The van der Waals surface area contributed by atoms with Gasteiger partial charge in [-0.25, -0.2) is 14.1 Å². The molecule has 0 amide bonds. The number of thiophene rings is 1. The summed E-state index contributed by atoms with van der Waals surface area (Å²) in [5.41, 5.74) is 2.01. The number of hydrogen-bond donors (Lipinski definition) is 0. The lowest BCUT2D eigenvalue weighted by molar-refractivity contribution is 0.629. The Hall–Kier alpha value is -1.92. The van der Waals surface area contributed by atoms with E-state index in [-0.39, 0.29) is 16.4 Å². The van der Waals surface area contributed by atoms with Crippen molar-refractivity contribution in [3.05, 3.63) is 68.7 Å². The zero-order chi connectivity index (χ0) is 19.1. The molecule has 0 N–H and O–H groups in total. The van der Waals surface area contributed by atoms with Gasteiger partial charge in [-0.05, 0) is 35.9 Å². The number of nitrogens with zero attached hydrogens (tertiary/aromatic N) is 3. The topological polar surface area (TPSA) is 30.7 Å². The minimum absolute atomic E-state index is 0.182. The number of aryl methyl sites for hydroxylation is 1. The maximum absolute atomic E-state index is 14.2. The van der Waals surface area contributed by atoms with Crippen LogP contribution >= 0.6 is 46.1 Å². The van der Waals surface area contributed by atoms with Crippen molar-refractivity contribution in [2.45, 2.75) is 0 Å². The highest BCUT2D eigenvalue weighted by Gasteiger charge is 2.20. The van der Waals surface area contributed by atoms with Gasteiger partial charge in [-0.1, -0.05) is 53.0 Å². The Kier molecular flexibility index (Phi) is 4.95. The fraction of sp³-hybridized carbons (Fsp3) is 0.0526. The molecule has 0 radical (unpaired) electrons. The van der Waals surface area contributed by atoms with Gasteiger partial charge < -0.3 is 0 Å². The van der Waals surface area contributed by atoms with Crippen molar-refractivity contribution in [2.75, 3.05) is 0 Å². The molecule has 2 aromatic heterocycles. The molecule has 4 rings (SSSR count). The first kappa shape index (κ1) is 18.4. The summed E-state index contributed by atoms with van der Waals surface area (Å²) in [6, 6.07) is 13.9. The van der Waals surface area contributed by atoms with Crippen LogP contribution in [0.25, 0.3) is 33.2 Å². The van der Waals surface area contributed by atoms with Crippen LogP contribution in [0.4, 0.5) is 4.39 Å². The average Bonchev–Trinajstić information content (AvgIpc) is 3.18. The molecule has 0 fully saturated rings. The zero-order valence-corrected chi connectivity index (χ0v) is 17.0. The maximum atomic E-state index is 14.2. The Bertz CT molecular complexity index is 1120. The van der Waals surface area contributed by atoms with Crippen LogP contribution in [0.1, 0.15) is 0 Å². The van der Waals surface area contributed by atoms with Gasteiger partial charge in [-0.2, -0.15) is 5.10 Å². The smallest absolute Gasteiger partial charge is 0.186 e. The first-order valence-electron chi connectivity index (χ1n) is 7.85. The van der Waals surface area contributed by atoms with Gasteiger partial charge in [-0.15, -0.1) is 11.3 Å². The van der Waals surface area contributed by atoms with Crippen LogP contribution in [-0.4, -0.2) is 14.8 Å². The number of hydrogen-bond acceptors (Lipinski definition) is 3. The Labute approximate surface area is 174 Å². The summed E-state index contributed by atoms with van der Waals surface area (Å²) >= 11 is 19.9. The molecule has 27 heavy (non-hydrogen) atoms. The first-order chi connectivity index (χ1) is 12.9. The minimum atomic E-state index is -0.467. The van der Waals surface area contributed by atoms with Crippen molar-refractivity contribution in [2.24, 2.45) is 7.05 Å². The molecule has 3 nitrogen and oxygen atoms in total. The molecule has 4 aromatic rings. The molecule has 0 aliphatic heterocycles. The summed E-state index contributed by atoms with van der Waals surface area (Å²) in [5, 5.41) is 5.25. The third kappa shape index (κ3) is 3.48. The molecule has 0 spiro atoms. The molecular weight excluding hydrogens is 428 g/mol. The second kappa shape index (κ2) is 7.24. The molecular formula is C19H11Cl3FN3S. The van der Waals surface area contributed by atoms with Crippen LogP contribution in [0.2, 0.25) is 14.4 Å². The molecule has 2 aromatic carbocycles. The number of aromatic nitrogens is 3. The molecule has 8 heteroatoms. The Morgan fingerprint density at radius 1 is 1.04 bits per heavy atom. The fourth-order valence-electron chi connectivity index (χ4n) is 2.72. The summed E-state index contributed by atoms with van der Waals surface area (Å²) in [7, 11) is 1.75. The maximum Gasteiger partial charge on any atom is 0.186 e. The highest BCUT2D eigenvalue weighted by atomic mass is 35.5. The normalized spacial score (nSPS) is 11.1. The molecule has 2 heterocycles. The van der Waals surface area contributed by atoms with Crippen LogP contribution < -0.4 is 0 Å². The third-order valence-corrected chi connectivity index (χ3v) is 5.93. The van der Waals surface area contributed by atoms with Crippen molar-refractivity contribution in [3.63, 3.8) is 0 Å². The van der Waals surface area contributed by atoms with Gasteiger partial charge in [0, 0.05) is 17.6 Å². The fourth-order valence-corrected chi connectivity index (χ4v) is 4.43. The van der Waals surface area contributed by atoms with Gasteiger partial charge in [0.2, 0.25) is 0 Å². The van der Waals surface area contributed by atoms with Crippen molar-refractivity contribution >= 4 is 46.1 Å². The lowest BCUT2D eigenvalue weighted by Crippen LogP contribution is -1.93. The van der Waals surface area contributed by atoms with E-state index in [0.717, 1.165) is 16.0 Å². The lowest BCUT2D eigenvalue weighted by Gasteiger charge is -1.99. The van der Waals surface area contributed by atoms with E-state index in [2.05, 4.69) is 10.1 Å². The Morgan fingerprint density at radius 2 is 1.78 bits per heavy atom. The molecule has 0 bridgehead atoms. The van der Waals surface area contributed by atoms with Crippen LogP contribution in [-0.2, 0) is 7.05 Å². The van der Waals surface area contributed by atoms with Crippen LogP contribution in [0, 0.1) is 5.82 Å². The Morgan fingerprint density at radius 3 is 2.48 bits per heavy atom. The van der Waals surface area contributed by atoms with E-state index in [1.54, 1.807) is 23.9 Å². The lowest BCUT2D eigenvalue weighted by atomic mass is 10.1. The van der Waals surface area contributed by atoms with Crippen molar-refractivity contribution in [3.8, 4) is 33.2 Å². The molecule has 136 valence electrons. The van der Waals surface area contributed by atoms with Crippen LogP contribution in [0.3, 0.4) is 0 Å². The average molecular weight is 439 g/mol. The zero-order valence-electron chi connectivity index (χ0n) is 13.9. The van der Waals surface area contributed by atoms with E-state index >= 15 is 0 Å². The summed E-state index contributed by atoms with van der Waals surface area (Å²) < 4.78 is 16.4. The number of rotatable bonds is 3. The van der Waals surface area contributed by atoms with Crippen LogP contribution in [0.5, 0.6) is 0 Å². The summed E-state index contributed by atoms with van der Waals surface area (Å²) in [6.07, 6.45) is 0. The van der Waals surface area contributed by atoms with Gasteiger partial charge in [0.05, 0.1) is 15.5 Å². The molecule has 0 saturated heterocycles. The van der Waals surface area contributed by atoms with E-state index < -0.39 is 5.82 Å². The SMILES string of the molecule is Cn1nc(-c2c(F)cccc2Cl)nc1-c1cc(-c2ccc(Cl)cc2)c(Cl)s1. The van der Waals surface area contributed by atoms with E-state index in [9.17, 15) is 4.39 Å². The third-order valence-electron chi connectivity index (χ3n) is 4.01. The second-order valence-electron chi connectivity index (χ2n) is 5.78. The molecule has 0 saturated carbocycles. The van der Waals surface area contributed by atoms with E-state index in [1.165, 1.54) is 17.4 Å². The van der Waals surface area contributed by atoms with Gasteiger partial charge in [0.25, 0.3) is 0 Å². The monoisotopic (exact) mass is 437 g/mol. The predicted molar refractivity (Wildman–Crippen MR) is 110 cm³/mol. The van der Waals surface area contributed by atoms with Gasteiger partial charge in [0.15, 0.2) is 11.6 Å². The summed E-state index contributed by atoms with van der Waals surface area (Å²) in [6.45, 7) is 0. The number of halogens is 4. The van der Waals surface area contributed by atoms with E-state index in [0.29, 0.717) is 15.2 Å². The van der Waals surface area contributed by atoms with Crippen LogP contribution in [0.15, 0.2) is 48.5 Å². The predicted octanol–water partition coefficient (Wildman–Crippen LogP) is 6.98. The second-order valence-corrected chi connectivity index (χ2v) is 8.28. The largest absolute Gasteiger partial charge is 0.248 e. The number of benzene rings is 2. The standard InChI is InChI=1S/C19H11Cl3FN3S/c1-26-19(24-18(25-26)16-13(21)3-2-4-14(16)23)15-9-12(17(22)27-15)10-5-7-11(20)8-6-10/h2-9H,1H3. The van der Waals surface area contributed by atoms with Crippen molar-refractivity contribution in [1.82, 2.24) is 14.8 Å². The quantitative estimate of drug-likeness (QED) is 0.345. The Balaban J connectivity index is 1.78. The first-order valence-corrected chi connectivity index (χ1v) is 9.80. The molecule has 0 aliphatic carbocycles. The molecule has 0 aliphatic rings. The van der Waals surface area contributed by atoms with Crippen molar-refractivity contribution in [1.29, 1.82) is 0 Å². The highest BCUT2D eigenvalue weighted by molar-refractivity contribution is 7.20. The van der Waals surface area contributed by atoms with E-state index in [4.69, 9.17) is 34.8 Å².